The SMILES string of the molecule is O=C(OCCO)N(Cc1ccsc1)C1CC1. The summed E-state index contributed by atoms with van der Waals surface area (Å²) in [6, 6.07) is 2.34. The van der Waals surface area contributed by atoms with Crippen molar-refractivity contribution in [2.45, 2.75) is 25.4 Å². The zero-order chi connectivity index (χ0) is 11.4. The Hall–Kier alpha value is -1.07. The maximum Gasteiger partial charge on any atom is 0.410 e. The Morgan fingerprint density at radius 3 is 3.00 bits per heavy atom. The van der Waals surface area contributed by atoms with Gasteiger partial charge in [-0.3, -0.25) is 0 Å². The monoisotopic (exact) mass is 241 g/mol. The quantitative estimate of drug-likeness (QED) is 0.855. The molecule has 0 atom stereocenters. The van der Waals surface area contributed by atoms with Gasteiger partial charge in [-0.1, -0.05) is 0 Å². The summed E-state index contributed by atoms with van der Waals surface area (Å²) < 4.78 is 4.94. The molecule has 5 heteroatoms. The average molecular weight is 241 g/mol. The molecule has 0 aliphatic heterocycles. The van der Waals surface area contributed by atoms with Gasteiger partial charge in [0, 0.05) is 6.04 Å². The molecule has 1 heterocycles. The van der Waals surface area contributed by atoms with Crippen molar-refractivity contribution in [3.8, 4) is 0 Å². The van der Waals surface area contributed by atoms with Crippen LogP contribution in [0.3, 0.4) is 0 Å². The van der Waals surface area contributed by atoms with Crippen molar-refractivity contribution in [1.82, 2.24) is 4.90 Å². The van der Waals surface area contributed by atoms with Crippen molar-refractivity contribution in [2.24, 2.45) is 0 Å². The van der Waals surface area contributed by atoms with Crippen molar-refractivity contribution in [3.63, 3.8) is 0 Å². The number of carbonyl (C=O) groups excluding carboxylic acids is 1. The third-order valence-corrected chi connectivity index (χ3v) is 3.20. The molecular formula is C11H15NO3S. The summed E-state index contributed by atoms with van der Waals surface area (Å²) in [4.78, 5) is 13.5. The second-order valence-electron chi connectivity index (χ2n) is 3.83. The second-order valence-corrected chi connectivity index (χ2v) is 4.61. The first-order chi connectivity index (χ1) is 7.81. The molecule has 0 saturated heterocycles. The molecule has 0 unspecified atom stereocenters. The van der Waals surface area contributed by atoms with Crippen molar-refractivity contribution < 1.29 is 14.6 Å². The molecule has 1 saturated carbocycles. The predicted molar refractivity (Wildman–Crippen MR) is 61.3 cm³/mol. The van der Waals surface area contributed by atoms with Crippen molar-refractivity contribution in [3.05, 3.63) is 22.4 Å². The van der Waals surface area contributed by atoms with Gasteiger partial charge in [-0.25, -0.2) is 4.79 Å². The van der Waals surface area contributed by atoms with Gasteiger partial charge >= 0.3 is 6.09 Å². The molecule has 1 aliphatic rings. The van der Waals surface area contributed by atoms with E-state index in [4.69, 9.17) is 9.84 Å². The Bertz CT molecular complexity index is 335. The number of aliphatic hydroxyl groups excluding tert-OH is 1. The van der Waals surface area contributed by atoms with Gasteiger partial charge in [-0.05, 0) is 35.2 Å². The van der Waals surface area contributed by atoms with Crippen LogP contribution in [0.2, 0.25) is 0 Å². The minimum Gasteiger partial charge on any atom is -0.447 e. The first-order valence-corrected chi connectivity index (χ1v) is 6.31. The van der Waals surface area contributed by atoms with E-state index in [1.165, 1.54) is 0 Å². The normalized spacial score (nSPS) is 14.8. The molecular weight excluding hydrogens is 226 g/mol. The van der Waals surface area contributed by atoms with E-state index in [-0.39, 0.29) is 19.3 Å². The molecule has 0 spiro atoms. The van der Waals surface area contributed by atoms with Gasteiger partial charge in [0.05, 0.1) is 13.2 Å². The van der Waals surface area contributed by atoms with Gasteiger partial charge in [0.2, 0.25) is 0 Å². The molecule has 1 aliphatic carbocycles. The van der Waals surface area contributed by atoms with E-state index < -0.39 is 0 Å². The average Bonchev–Trinajstić information content (AvgIpc) is 3.00. The predicted octanol–water partition coefficient (Wildman–Crippen LogP) is 1.84. The Balaban J connectivity index is 1.92. The van der Waals surface area contributed by atoms with Gasteiger partial charge in [-0.15, -0.1) is 0 Å². The number of nitrogens with zero attached hydrogens (tertiary/aromatic N) is 1. The third kappa shape index (κ3) is 2.96. The lowest BCUT2D eigenvalue weighted by Crippen LogP contribution is -2.33. The third-order valence-electron chi connectivity index (χ3n) is 2.47. The molecule has 1 fully saturated rings. The number of rotatable bonds is 5. The molecule has 0 radical (unpaired) electrons. The first kappa shape index (κ1) is 11.4. The number of ether oxygens (including phenoxy) is 1. The molecule has 1 aromatic rings. The van der Waals surface area contributed by atoms with Crippen LogP contribution in [0.4, 0.5) is 4.79 Å². The fourth-order valence-corrected chi connectivity index (χ4v) is 2.18. The highest BCUT2D eigenvalue weighted by molar-refractivity contribution is 7.07. The standard InChI is InChI=1S/C11H15NO3S/c13-4-5-15-11(14)12(10-1-2-10)7-9-3-6-16-8-9/h3,6,8,10,13H,1-2,4-5,7H2. The maximum atomic E-state index is 11.7. The molecule has 1 N–H and O–H groups in total. The first-order valence-electron chi connectivity index (χ1n) is 5.36. The smallest absolute Gasteiger partial charge is 0.410 e. The van der Waals surface area contributed by atoms with Crippen LogP contribution in [0.1, 0.15) is 18.4 Å². The van der Waals surface area contributed by atoms with Gasteiger partial charge in [-0.2, -0.15) is 11.3 Å². The summed E-state index contributed by atoms with van der Waals surface area (Å²) in [5, 5.41) is 12.6. The lowest BCUT2D eigenvalue weighted by Gasteiger charge is -2.21. The Kier molecular flexibility index (Phi) is 3.79. The fraction of sp³-hybridized carbons (Fsp3) is 0.545. The van der Waals surface area contributed by atoms with Crippen LogP contribution in [0.5, 0.6) is 0 Å². The van der Waals surface area contributed by atoms with Crippen LogP contribution < -0.4 is 0 Å². The van der Waals surface area contributed by atoms with Gasteiger partial charge < -0.3 is 14.7 Å². The highest BCUT2D eigenvalue weighted by Crippen LogP contribution is 2.29. The molecule has 0 aromatic carbocycles. The minimum absolute atomic E-state index is 0.0751. The molecule has 0 bridgehead atoms. The number of hydrogen-bond donors (Lipinski definition) is 1. The van der Waals surface area contributed by atoms with E-state index in [1.807, 2.05) is 16.8 Å². The number of thiophene rings is 1. The zero-order valence-electron chi connectivity index (χ0n) is 8.96. The summed E-state index contributed by atoms with van der Waals surface area (Å²) in [6.45, 7) is 0.562. The van der Waals surface area contributed by atoms with Crippen LogP contribution in [0, 0.1) is 0 Å². The number of amides is 1. The molecule has 1 amide bonds. The van der Waals surface area contributed by atoms with Crippen LogP contribution >= 0.6 is 11.3 Å². The fourth-order valence-electron chi connectivity index (χ4n) is 1.52. The minimum atomic E-state index is -0.317. The molecule has 16 heavy (non-hydrogen) atoms. The van der Waals surface area contributed by atoms with Crippen LogP contribution in [0.15, 0.2) is 16.8 Å². The summed E-state index contributed by atoms with van der Waals surface area (Å²) in [5.74, 6) is 0. The van der Waals surface area contributed by atoms with Crippen LogP contribution in [0.25, 0.3) is 0 Å². The van der Waals surface area contributed by atoms with Crippen molar-refractivity contribution >= 4 is 17.4 Å². The number of carbonyl (C=O) groups is 1. The lowest BCUT2D eigenvalue weighted by atomic mass is 10.3. The summed E-state index contributed by atoms with van der Waals surface area (Å²) in [7, 11) is 0. The van der Waals surface area contributed by atoms with E-state index in [2.05, 4.69) is 0 Å². The van der Waals surface area contributed by atoms with Crippen LogP contribution in [-0.2, 0) is 11.3 Å². The highest BCUT2D eigenvalue weighted by atomic mass is 32.1. The summed E-state index contributed by atoms with van der Waals surface area (Å²) >= 11 is 1.62. The molecule has 88 valence electrons. The summed E-state index contributed by atoms with van der Waals surface area (Å²) in [6.07, 6.45) is 1.79. The topological polar surface area (TPSA) is 49.8 Å². The largest absolute Gasteiger partial charge is 0.447 e. The van der Waals surface area contributed by atoms with E-state index >= 15 is 0 Å². The van der Waals surface area contributed by atoms with Crippen molar-refractivity contribution in [2.75, 3.05) is 13.2 Å². The second kappa shape index (κ2) is 5.32. The van der Waals surface area contributed by atoms with Crippen LogP contribution in [-0.4, -0.2) is 35.4 Å². The maximum absolute atomic E-state index is 11.7. The number of hydrogen-bond acceptors (Lipinski definition) is 4. The van der Waals surface area contributed by atoms with Gasteiger partial charge in [0.1, 0.15) is 6.61 Å². The van der Waals surface area contributed by atoms with E-state index in [1.54, 1.807) is 16.2 Å². The van der Waals surface area contributed by atoms with Gasteiger partial charge in [0.25, 0.3) is 0 Å². The van der Waals surface area contributed by atoms with Crippen molar-refractivity contribution in [1.29, 1.82) is 0 Å². The Morgan fingerprint density at radius 2 is 2.44 bits per heavy atom. The van der Waals surface area contributed by atoms with Gasteiger partial charge in [0.15, 0.2) is 0 Å². The van der Waals surface area contributed by atoms with E-state index in [0.717, 1.165) is 18.4 Å². The zero-order valence-corrected chi connectivity index (χ0v) is 9.78. The Labute approximate surface area is 98.4 Å². The van der Waals surface area contributed by atoms with E-state index in [9.17, 15) is 4.79 Å². The summed E-state index contributed by atoms with van der Waals surface area (Å²) in [5.41, 5.74) is 1.14. The molecule has 2 rings (SSSR count). The number of aliphatic hydroxyl groups is 1. The molecule has 1 aromatic heterocycles. The highest BCUT2D eigenvalue weighted by Gasteiger charge is 2.33. The molecule has 4 nitrogen and oxygen atoms in total. The van der Waals surface area contributed by atoms with E-state index in [0.29, 0.717) is 12.6 Å². The Morgan fingerprint density at radius 1 is 1.62 bits per heavy atom. The lowest BCUT2D eigenvalue weighted by molar-refractivity contribution is 0.0798.